The molecule has 0 aliphatic carbocycles. The highest BCUT2D eigenvalue weighted by atomic mass is 16.6. The predicted octanol–water partition coefficient (Wildman–Crippen LogP) is 13.4. The number of hydrogen-bond donors (Lipinski definition) is 0. The van der Waals surface area contributed by atoms with Crippen molar-refractivity contribution in [1.82, 2.24) is 0 Å². The first kappa shape index (κ1) is 48.4. The summed E-state index contributed by atoms with van der Waals surface area (Å²) in [5, 5.41) is 0. The fourth-order valence-corrected chi connectivity index (χ4v) is 6.37. The van der Waals surface area contributed by atoms with Crippen LogP contribution in [0.2, 0.25) is 0 Å². The molecule has 0 aromatic heterocycles. The molecule has 0 saturated carbocycles. The standard InChI is InChI=1S/C44H84O6/c1-6-8-9-10-17-24-29-34-42(45)48-37-41(50-44(47)36-31-26-21-16-15-18-22-27-32-39(3)4)38-49-43(46)35-30-25-20-14-12-11-13-19-23-28-33-40(5)7-2/h39-41H,6-38H2,1-5H3/t40?,41-/m1/s1. The summed E-state index contributed by atoms with van der Waals surface area (Å²) >= 11 is 0. The molecule has 0 aliphatic rings. The van der Waals surface area contributed by atoms with Crippen LogP contribution in [0, 0.1) is 11.8 Å². The molecule has 296 valence electrons. The highest BCUT2D eigenvalue weighted by Crippen LogP contribution is 2.17. The van der Waals surface area contributed by atoms with Gasteiger partial charge in [0.1, 0.15) is 13.2 Å². The Morgan fingerprint density at radius 2 is 0.760 bits per heavy atom. The highest BCUT2D eigenvalue weighted by Gasteiger charge is 2.19. The lowest BCUT2D eigenvalue weighted by atomic mass is 9.99. The molecule has 0 amide bonds. The van der Waals surface area contributed by atoms with Crippen LogP contribution < -0.4 is 0 Å². The van der Waals surface area contributed by atoms with Crippen LogP contribution in [0.4, 0.5) is 0 Å². The van der Waals surface area contributed by atoms with E-state index >= 15 is 0 Å². The maximum atomic E-state index is 12.6. The number of carbonyl (C=O) groups is 3. The molecule has 0 rings (SSSR count). The Bertz CT molecular complexity index is 766. The van der Waals surface area contributed by atoms with Crippen molar-refractivity contribution in [3.05, 3.63) is 0 Å². The molecule has 0 fully saturated rings. The van der Waals surface area contributed by atoms with Gasteiger partial charge in [-0.1, -0.05) is 195 Å². The summed E-state index contributed by atoms with van der Waals surface area (Å²) in [5.74, 6) is 0.795. The van der Waals surface area contributed by atoms with Crippen LogP contribution in [-0.4, -0.2) is 37.2 Å². The van der Waals surface area contributed by atoms with E-state index in [1.165, 1.54) is 122 Å². The summed E-state index contributed by atoms with van der Waals surface area (Å²) in [6, 6.07) is 0. The zero-order chi connectivity index (χ0) is 36.9. The van der Waals surface area contributed by atoms with E-state index in [0.29, 0.717) is 19.3 Å². The van der Waals surface area contributed by atoms with Crippen molar-refractivity contribution in [3.8, 4) is 0 Å². The van der Waals surface area contributed by atoms with Crippen LogP contribution in [-0.2, 0) is 28.6 Å². The Hall–Kier alpha value is -1.59. The van der Waals surface area contributed by atoms with Crippen LogP contribution >= 0.6 is 0 Å². The van der Waals surface area contributed by atoms with Crippen molar-refractivity contribution in [3.63, 3.8) is 0 Å². The minimum absolute atomic E-state index is 0.0660. The average Bonchev–Trinajstić information content (AvgIpc) is 3.09. The lowest BCUT2D eigenvalue weighted by molar-refractivity contribution is -0.167. The van der Waals surface area contributed by atoms with E-state index in [1.807, 2.05) is 0 Å². The Kier molecular flexibility index (Phi) is 36.0. The average molecular weight is 709 g/mol. The number of unbranched alkanes of at least 4 members (excludes halogenated alkanes) is 22. The number of ether oxygens (including phenoxy) is 3. The molecule has 0 saturated heterocycles. The molecule has 0 aromatic carbocycles. The van der Waals surface area contributed by atoms with E-state index in [0.717, 1.165) is 69.6 Å². The Labute approximate surface area is 310 Å². The van der Waals surface area contributed by atoms with Gasteiger partial charge in [-0.25, -0.2) is 0 Å². The maximum Gasteiger partial charge on any atom is 0.306 e. The third-order valence-electron chi connectivity index (χ3n) is 10.1. The van der Waals surface area contributed by atoms with Gasteiger partial charge in [0.05, 0.1) is 0 Å². The summed E-state index contributed by atoms with van der Waals surface area (Å²) in [7, 11) is 0. The smallest absolute Gasteiger partial charge is 0.306 e. The first-order chi connectivity index (χ1) is 24.3. The lowest BCUT2D eigenvalue weighted by Gasteiger charge is -2.18. The topological polar surface area (TPSA) is 78.9 Å². The molecule has 0 radical (unpaired) electrons. The van der Waals surface area contributed by atoms with Crippen molar-refractivity contribution in [2.75, 3.05) is 13.2 Å². The van der Waals surface area contributed by atoms with Gasteiger partial charge in [0.15, 0.2) is 6.10 Å². The summed E-state index contributed by atoms with van der Waals surface area (Å²) in [6.45, 7) is 11.3. The lowest BCUT2D eigenvalue weighted by Crippen LogP contribution is -2.30. The van der Waals surface area contributed by atoms with Crippen molar-refractivity contribution in [2.45, 2.75) is 240 Å². The van der Waals surface area contributed by atoms with E-state index in [-0.39, 0.29) is 31.1 Å². The van der Waals surface area contributed by atoms with E-state index in [9.17, 15) is 14.4 Å². The molecule has 0 aromatic rings. The molecule has 0 N–H and O–H groups in total. The van der Waals surface area contributed by atoms with Gasteiger partial charge >= 0.3 is 17.9 Å². The quantitative estimate of drug-likeness (QED) is 0.0361. The largest absolute Gasteiger partial charge is 0.462 e. The van der Waals surface area contributed by atoms with Crippen LogP contribution in [0.3, 0.4) is 0 Å². The van der Waals surface area contributed by atoms with Crippen LogP contribution in [0.1, 0.15) is 234 Å². The van der Waals surface area contributed by atoms with Crippen molar-refractivity contribution in [2.24, 2.45) is 11.8 Å². The predicted molar refractivity (Wildman–Crippen MR) is 210 cm³/mol. The number of rotatable bonds is 38. The second kappa shape index (κ2) is 37.2. The molecule has 1 unspecified atom stereocenters. The van der Waals surface area contributed by atoms with Crippen molar-refractivity contribution >= 4 is 17.9 Å². The fraction of sp³-hybridized carbons (Fsp3) is 0.932. The summed E-state index contributed by atoms with van der Waals surface area (Å²) < 4.78 is 16.6. The van der Waals surface area contributed by atoms with Gasteiger partial charge in [-0.3, -0.25) is 14.4 Å². The third-order valence-corrected chi connectivity index (χ3v) is 10.1. The fourth-order valence-electron chi connectivity index (χ4n) is 6.37. The summed E-state index contributed by atoms with van der Waals surface area (Å²) in [6.07, 6.45) is 33.8. The molecule has 6 heteroatoms. The van der Waals surface area contributed by atoms with E-state index in [4.69, 9.17) is 14.2 Å². The molecule has 2 atom stereocenters. The van der Waals surface area contributed by atoms with Gasteiger partial charge < -0.3 is 14.2 Å². The minimum atomic E-state index is -0.759. The zero-order valence-corrected chi connectivity index (χ0v) is 34.0. The van der Waals surface area contributed by atoms with Crippen LogP contribution in [0.25, 0.3) is 0 Å². The second-order valence-electron chi connectivity index (χ2n) is 15.7. The number of carbonyl (C=O) groups excluding carboxylic acids is 3. The summed E-state index contributed by atoms with van der Waals surface area (Å²) in [5.41, 5.74) is 0. The number of hydrogen-bond acceptors (Lipinski definition) is 6. The first-order valence-corrected chi connectivity index (χ1v) is 21.8. The van der Waals surface area contributed by atoms with Gasteiger partial charge in [-0.15, -0.1) is 0 Å². The van der Waals surface area contributed by atoms with E-state index in [2.05, 4.69) is 34.6 Å². The maximum absolute atomic E-state index is 12.6. The van der Waals surface area contributed by atoms with Gasteiger partial charge in [-0.2, -0.15) is 0 Å². The number of esters is 3. The highest BCUT2D eigenvalue weighted by molar-refractivity contribution is 5.71. The van der Waals surface area contributed by atoms with Gasteiger partial charge in [-0.05, 0) is 31.1 Å². The molecular weight excluding hydrogens is 624 g/mol. The van der Waals surface area contributed by atoms with E-state index < -0.39 is 6.10 Å². The first-order valence-electron chi connectivity index (χ1n) is 21.8. The van der Waals surface area contributed by atoms with Crippen molar-refractivity contribution in [1.29, 1.82) is 0 Å². The summed E-state index contributed by atoms with van der Waals surface area (Å²) in [4.78, 5) is 37.5. The van der Waals surface area contributed by atoms with Crippen LogP contribution in [0.5, 0.6) is 0 Å². The van der Waals surface area contributed by atoms with Gasteiger partial charge in [0.2, 0.25) is 0 Å². The molecule has 50 heavy (non-hydrogen) atoms. The van der Waals surface area contributed by atoms with E-state index in [1.54, 1.807) is 0 Å². The monoisotopic (exact) mass is 709 g/mol. The van der Waals surface area contributed by atoms with Crippen molar-refractivity contribution < 1.29 is 28.6 Å². The second-order valence-corrected chi connectivity index (χ2v) is 15.7. The van der Waals surface area contributed by atoms with Gasteiger partial charge in [0, 0.05) is 19.3 Å². The normalized spacial score (nSPS) is 12.6. The zero-order valence-electron chi connectivity index (χ0n) is 34.0. The Balaban J connectivity index is 4.29. The van der Waals surface area contributed by atoms with Crippen LogP contribution in [0.15, 0.2) is 0 Å². The molecule has 0 heterocycles. The third kappa shape index (κ3) is 36.2. The molecule has 0 bridgehead atoms. The molecule has 6 nitrogen and oxygen atoms in total. The molecular formula is C44H84O6. The molecule has 0 aliphatic heterocycles. The van der Waals surface area contributed by atoms with Gasteiger partial charge in [0.25, 0.3) is 0 Å². The minimum Gasteiger partial charge on any atom is -0.462 e. The molecule has 0 spiro atoms. The Morgan fingerprint density at radius 3 is 1.14 bits per heavy atom. The Morgan fingerprint density at radius 1 is 0.420 bits per heavy atom. The SMILES string of the molecule is CCCCCCCCCC(=O)OC[C@H](COC(=O)CCCCCCCCCCCCC(C)CC)OC(=O)CCCCCCCCCCC(C)C.